The number of carbonyl (C=O) groups excluding carboxylic acids is 2. The molecule has 2 atom stereocenters. The molecule has 30 heavy (non-hydrogen) atoms. The first kappa shape index (κ1) is 18.2. The summed E-state index contributed by atoms with van der Waals surface area (Å²) in [5.74, 6) is -1.23. The van der Waals surface area contributed by atoms with Crippen LogP contribution in [0.25, 0.3) is 0 Å². The molecule has 3 aromatic carbocycles. The van der Waals surface area contributed by atoms with E-state index in [0.29, 0.717) is 15.7 Å². The van der Waals surface area contributed by atoms with Gasteiger partial charge < -0.3 is 0 Å². The Morgan fingerprint density at radius 1 is 0.833 bits per heavy atom. The summed E-state index contributed by atoms with van der Waals surface area (Å²) >= 11 is 12.6. The second-order valence-corrected chi connectivity index (χ2v) is 9.35. The van der Waals surface area contributed by atoms with Gasteiger partial charge in [-0.3, -0.25) is 9.59 Å². The van der Waals surface area contributed by atoms with Gasteiger partial charge in [0.15, 0.2) is 0 Å². The Kier molecular flexibility index (Phi) is 3.61. The lowest BCUT2D eigenvalue weighted by atomic mass is 9.48. The lowest BCUT2D eigenvalue weighted by Crippen LogP contribution is -2.49. The second kappa shape index (κ2) is 5.96. The van der Waals surface area contributed by atoms with Gasteiger partial charge in [-0.2, -0.15) is 0 Å². The van der Waals surface area contributed by atoms with Gasteiger partial charge in [0.2, 0.25) is 11.8 Å². The topological polar surface area (TPSA) is 37.4 Å². The van der Waals surface area contributed by atoms with Crippen molar-refractivity contribution in [2.75, 3.05) is 4.90 Å². The van der Waals surface area contributed by atoms with Gasteiger partial charge in [-0.05, 0) is 47.4 Å². The summed E-state index contributed by atoms with van der Waals surface area (Å²) in [6.45, 7) is 1.94. The fourth-order valence-electron chi connectivity index (χ4n) is 6.00. The first-order valence-corrected chi connectivity index (χ1v) is 10.7. The SMILES string of the molecule is C[C@]12C(=O)N(c3cc(Cl)ccc3Cl)C(=O)[C@@H]1C1c3ccccc3C2c2ccccc21. The van der Waals surface area contributed by atoms with Crippen LogP contribution in [-0.2, 0) is 9.59 Å². The van der Waals surface area contributed by atoms with E-state index in [9.17, 15) is 9.59 Å². The molecule has 0 N–H and O–H groups in total. The van der Waals surface area contributed by atoms with E-state index in [1.807, 2.05) is 31.2 Å². The number of benzene rings is 3. The molecule has 3 nitrogen and oxygen atoms in total. The molecule has 0 unspecified atom stereocenters. The molecule has 4 aliphatic rings. The predicted octanol–water partition coefficient (Wildman–Crippen LogP) is 5.78. The molecule has 1 fully saturated rings. The highest BCUT2D eigenvalue weighted by Crippen LogP contribution is 2.67. The summed E-state index contributed by atoms with van der Waals surface area (Å²) in [5.41, 5.74) is 4.05. The first-order valence-electron chi connectivity index (χ1n) is 9.95. The zero-order chi connectivity index (χ0) is 20.8. The van der Waals surface area contributed by atoms with E-state index in [-0.39, 0.29) is 23.7 Å². The minimum absolute atomic E-state index is 0.160. The fraction of sp³-hybridized carbons (Fsp3) is 0.200. The Morgan fingerprint density at radius 3 is 2.00 bits per heavy atom. The predicted molar refractivity (Wildman–Crippen MR) is 117 cm³/mol. The molecule has 7 rings (SSSR count). The van der Waals surface area contributed by atoms with Gasteiger partial charge in [0.1, 0.15) is 0 Å². The van der Waals surface area contributed by atoms with E-state index in [1.165, 1.54) is 4.90 Å². The quantitative estimate of drug-likeness (QED) is 0.456. The van der Waals surface area contributed by atoms with Crippen molar-refractivity contribution < 1.29 is 9.59 Å². The van der Waals surface area contributed by atoms with Gasteiger partial charge in [-0.25, -0.2) is 4.90 Å². The minimum Gasteiger partial charge on any atom is -0.274 e. The molecule has 2 amide bonds. The highest BCUT2D eigenvalue weighted by molar-refractivity contribution is 6.38. The van der Waals surface area contributed by atoms with E-state index in [2.05, 4.69) is 24.3 Å². The van der Waals surface area contributed by atoms with E-state index in [0.717, 1.165) is 22.3 Å². The molecule has 0 radical (unpaired) electrons. The van der Waals surface area contributed by atoms with Crippen molar-refractivity contribution in [2.24, 2.45) is 11.3 Å². The molecule has 1 saturated heterocycles. The molecule has 1 heterocycles. The zero-order valence-electron chi connectivity index (χ0n) is 16.1. The van der Waals surface area contributed by atoms with Crippen LogP contribution in [0.2, 0.25) is 10.0 Å². The number of carbonyl (C=O) groups is 2. The molecule has 0 spiro atoms. The maximum atomic E-state index is 13.9. The van der Waals surface area contributed by atoms with Crippen LogP contribution in [0.4, 0.5) is 5.69 Å². The van der Waals surface area contributed by atoms with Crippen LogP contribution < -0.4 is 4.90 Å². The van der Waals surface area contributed by atoms with Crippen molar-refractivity contribution >= 4 is 40.7 Å². The summed E-state index contributed by atoms with van der Waals surface area (Å²) < 4.78 is 0. The zero-order valence-corrected chi connectivity index (χ0v) is 17.6. The third kappa shape index (κ3) is 2.02. The summed E-state index contributed by atoms with van der Waals surface area (Å²) in [6.07, 6.45) is 0. The largest absolute Gasteiger partial charge is 0.274 e. The summed E-state index contributed by atoms with van der Waals surface area (Å²) in [7, 11) is 0. The average Bonchev–Trinajstić information content (AvgIpc) is 2.96. The van der Waals surface area contributed by atoms with Crippen molar-refractivity contribution in [3.05, 3.63) is 99.0 Å². The second-order valence-electron chi connectivity index (χ2n) is 8.50. The third-order valence-corrected chi connectivity index (χ3v) is 7.72. The average molecular weight is 434 g/mol. The van der Waals surface area contributed by atoms with E-state index >= 15 is 0 Å². The fourth-order valence-corrected chi connectivity index (χ4v) is 6.37. The van der Waals surface area contributed by atoms with Crippen LogP contribution in [0.3, 0.4) is 0 Å². The number of imide groups is 1. The molecule has 3 aliphatic carbocycles. The van der Waals surface area contributed by atoms with Crippen molar-refractivity contribution in [3.63, 3.8) is 0 Å². The van der Waals surface area contributed by atoms with Gasteiger partial charge in [-0.1, -0.05) is 71.7 Å². The van der Waals surface area contributed by atoms with Crippen LogP contribution in [0, 0.1) is 11.3 Å². The monoisotopic (exact) mass is 433 g/mol. The van der Waals surface area contributed by atoms with Gasteiger partial charge in [0.25, 0.3) is 0 Å². The highest BCUT2D eigenvalue weighted by atomic mass is 35.5. The van der Waals surface area contributed by atoms with Crippen LogP contribution in [0.1, 0.15) is 41.0 Å². The van der Waals surface area contributed by atoms with Crippen molar-refractivity contribution in [2.45, 2.75) is 18.8 Å². The van der Waals surface area contributed by atoms with Crippen molar-refractivity contribution in [1.29, 1.82) is 0 Å². The van der Waals surface area contributed by atoms with Crippen LogP contribution in [0.5, 0.6) is 0 Å². The van der Waals surface area contributed by atoms with Gasteiger partial charge in [0.05, 0.1) is 22.0 Å². The van der Waals surface area contributed by atoms with E-state index in [1.54, 1.807) is 18.2 Å². The summed E-state index contributed by atoms with van der Waals surface area (Å²) in [6, 6.07) is 21.3. The Balaban J connectivity index is 1.63. The lowest BCUT2D eigenvalue weighted by Gasteiger charge is -2.51. The van der Waals surface area contributed by atoms with Gasteiger partial charge >= 0.3 is 0 Å². The summed E-state index contributed by atoms with van der Waals surface area (Å²) in [5, 5.41) is 0.773. The summed E-state index contributed by atoms with van der Waals surface area (Å²) in [4.78, 5) is 29.1. The van der Waals surface area contributed by atoms with Crippen LogP contribution in [0.15, 0.2) is 66.7 Å². The normalized spacial score (nSPS) is 28.4. The number of anilines is 1. The number of nitrogens with zero attached hydrogens (tertiary/aromatic N) is 1. The standard InChI is InChI=1S/C25H17Cl2NO2/c1-25-21-16-8-4-2-6-14(16)20(15-7-3-5-9-17(15)21)22(25)23(29)28(24(25)30)19-12-13(26)10-11-18(19)27/h2-12,20-22H,1H3/t20?,21?,22-,25+/m0/s1. The number of hydrogen-bond acceptors (Lipinski definition) is 2. The number of amides is 2. The lowest BCUT2D eigenvalue weighted by molar-refractivity contribution is -0.128. The van der Waals surface area contributed by atoms with Crippen molar-refractivity contribution in [3.8, 4) is 0 Å². The molecule has 148 valence electrons. The number of rotatable bonds is 1. The molecule has 0 saturated carbocycles. The minimum atomic E-state index is -0.879. The molecule has 5 heteroatoms. The van der Waals surface area contributed by atoms with Gasteiger partial charge in [0, 0.05) is 16.9 Å². The number of hydrogen-bond donors (Lipinski definition) is 0. The smallest absolute Gasteiger partial charge is 0.241 e. The highest BCUT2D eigenvalue weighted by Gasteiger charge is 2.69. The molecular formula is C25H17Cl2NO2. The van der Waals surface area contributed by atoms with Crippen LogP contribution >= 0.6 is 23.2 Å². The maximum absolute atomic E-state index is 13.9. The Morgan fingerprint density at radius 2 is 1.40 bits per heavy atom. The number of halogens is 2. The first-order chi connectivity index (χ1) is 14.4. The molecule has 2 bridgehead atoms. The molecule has 0 aromatic heterocycles. The molecule has 3 aromatic rings. The van der Waals surface area contributed by atoms with E-state index < -0.39 is 11.3 Å². The van der Waals surface area contributed by atoms with E-state index in [4.69, 9.17) is 23.2 Å². The molecule has 1 aliphatic heterocycles. The maximum Gasteiger partial charge on any atom is 0.241 e. The molecular weight excluding hydrogens is 417 g/mol. The Bertz CT molecular complexity index is 1220. The van der Waals surface area contributed by atoms with Crippen molar-refractivity contribution in [1.82, 2.24) is 0 Å². The Hall–Kier alpha value is -2.62. The third-order valence-electron chi connectivity index (χ3n) is 7.16. The van der Waals surface area contributed by atoms with Gasteiger partial charge in [-0.15, -0.1) is 0 Å². The Labute approximate surface area is 184 Å². The van der Waals surface area contributed by atoms with Crippen LogP contribution in [-0.4, -0.2) is 11.8 Å².